The summed E-state index contributed by atoms with van der Waals surface area (Å²) < 4.78 is 23.5. The fourth-order valence-corrected chi connectivity index (χ4v) is 3.15. The van der Waals surface area contributed by atoms with E-state index in [0.29, 0.717) is 30.6 Å². The summed E-state index contributed by atoms with van der Waals surface area (Å²) in [6.45, 7) is 0.968. The predicted molar refractivity (Wildman–Crippen MR) is 88.8 cm³/mol. The van der Waals surface area contributed by atoms with Gasteiger partial charge in [-0.3, -0.25) is 4.79 Å². The fourth-order valence-electron chi connectivity index (χ4n) is 2.52. The maximum Gasteiger partial charge on any atom is 0.260 e. The van der Waals surface area contributed by atoms with Crippen molar-refractivity contribution in [3.8, 4) is 17.1 Å². The van der Waals surface area contributed by atoms with Gasteiger partial charge in [-0.2, -0.15) is 16.3 Å². The molecule has 0 aliphatic carbocycles. The SMILES string of the molecule is O=C(COc1ccc(F)cc1)N1CC(c2nc(-c3ccsc3)no2)C1. The number of hydrogen-bond donors (Lipinski definition) is 0. The minimum atomic E-state index is -0.342. The van der Waals surface area contributed by atoms with E-state index in [4.69, 9.17) is 9.26 Å². The molecule has 0 spiro atoms. The molecule has 2 aromatic heterocycles. The number of benzene rings is 1. The smallest absolute Gasteiger partial charge is 0.260 e. The zero-order valence-corrected chi connectivity index (χ0v) is 13.9. The van der Waals surface area contributed by atoms with Gasteiger partial charge in [-0.15, -0.1) is 0 Å². The number of carbonyl (C=O) groups excluding carboxylic acids is 1. The van der Waals surface area contributed by atoms with Crippen LogP contribution in [0, 0.1) is 5.82 Å². The van der Waals surface area contributed by atoms with Crippen molar-refractivity contribution in [1.29, 1.82) is 0 Å². The van der Waals surface area contributed by atoms with Gasteiger partial charge in [-0.25, -0.2) is 4.39 Å². The van der Waals surface area contributed by atoms with Gasteiger partial charge in [-0.05, 0) is 35.7 Å². The number of nitrogens with zero attached hydrogens (tertiary/aromatic N) is 3. The Kier molecular flexibility index (Phi) is 4.19. The third kappa shape index (κ3) is 3.39. The second-order valence-electron chi connectivity index (χ2n) is 5.71. The molecule has 0 bridgehead atoms. The van der Waals surface area contributed by atoms with Crippen LogP contribution in [0.25, 0.3) is 11.4 Å². The topological polar surface area (TPSA) is 68.5 Å². The lowest BCUT2D eigenvalue weighted by Crippen LogP contribution is -2.50. The second-order valence-corrected chi connectivity index (χ2v) is 6.49. The van der Waals surface area contributed by atoms with E-state index in [1.165, 1.54) is 24.3 Å². The summed E-state index contributed by atoms with van der Waals surface area (Å²) in [4.78, 5) is 18.2. The van der Waals surface area contributed by atoms with Crippen LogP contribution in [0.5, 0.6) is 5.75 Å². The molecule has 1 saturated heterocycles. The van der Waals surface area contributed by atoms with E-state index >= 15 is 0 Å². The Morgan fingerprint density at radius 2 is 2.12 bits per heavy atom. The Morgan fingerprint density at radius 3 is 2.84 bits per heavy atom. The zero-order valence-electron chi connectivity index (χ0n) is 13.1. The van der Waals surface area contributed by atoms with Crippen LogP contribution >= 0.6 is 11.3 Å². The number of halogens is 1. The fraction of sp³-hybridized carbons (Fsp3) is 0.235. The predicted octanol–water partition coefficient (Wildman–Crippen LogP) is 2.94. The van der Waals surface area contributed by atoms with E-state index in [1.54, 1.807) is 16.2 Å². The monoisotopic (exact) mass is 359 g/mol. The third-order valence-corrected chi connectivity index (χ3v) is 4.66. The normalized spacial score (nSPS) is 14.4. The highest BCUT2D eigenvalue weighted by Gasteiger charge is 2.35. The van der Waals surface area contributed by atoms with Gasteiger partial charge < -0.3 is 14.2 Å². The number of ether oxygens (including phenoxy) is 1. The quantitative estimate of drug-likeness (QED) is 0.701. The van der Waals surface area contributed by atoms with E-state index in [-0.39, 0.29) is 24.2 Å². The number of hydrogen-bond acceptors (Lipinski definition) is 6. The van der Waals surface area contributed by atoms with Crippen LogP contribution in [0.3, 0.4) is 0 Å². The summed E-state index contributed by atoms with van der Waals surface area (Å²) in [6.07, 6.45) is 0. The van der Waals surface area contributed by atoms with Crippen LogP contribution in [0.4, 0.5) is 4.39 Å². The summed E-state index contributed by atoms with van der Waals surface area (Å²) in [5.41, 5.74) is 0.931. The summed E-state index contributed by atoms with van der Waals surface area (Å²) in [5, 5.41) is 7.89. The Labute approximate surface area is 146 Å². The summed E-state index contributed by atoms with van der Waals surface area (Å²) >= 11 is 1.57. The maximum absolute atomic E-state index is 12.8. The molecule has 0 radical (unpaired) electrons. The molecule has 1 fully saturated rings. The van der Waals surface area contributed by atoms with Gasteiger partial charge in [0, 0.05) is 24.0 Å². The van der Waals surface area contributed by atoms with Crippen molar-refractivity contribution in [1.82, 2.24) is 15.0 Å². The summed E-state index contributed by atoms with van der Waals surface area (Å²) in [7, 11) is 0. The highest BCUT2D eigenvalue weighted by Crippen LogP contribution is 2.28. The lowest BCUT2D eigenvalue weighted by atomic mass is 10.0. The molecule has 1 aliphatic heterocycles. The van der Waals surface area contributed by atoms with Gasteiger partial charge in [0.15, 0.2) is 6.61 Å². The lowest BCUT2D eigenvalue weighted by molar-refractivity contribution is -0.138. The van der Waals surface area contributed by atoms with Crippen molar-refractivity contribution in [2.75, 3.05) is 19.7 Å². The van der Waals surface area contributed by atoms with Crippen LogP contribution < -0.4 is 4.74 Å². The van der Waals surface area contributed by atoms with Crippen molar-refractivity contribution < 1.29 is 18.4 Å². The first kappa shape index (κ1) is 15.8. The van der Waals surface area contributed by atoms with Gasteiger partial charge >= 0.3 is 0 Å². The molecule has 0 atom stereocenters. The van der Waals surface area contributed by atoms with Crippen LogP contribution in [-0.2, 0) is 4.79 Å². The molecule has 1 amide bonds. The molecule has 0 unspecified atom stereocenters. The first-order valence-electron chi connectivity index (χ1n) is 7.71. The molecule has 3 aromatic rings. The molecule has 1 aliphatic rings. The van der Waals surface area contributed by atoms with Gasteiger partial charge in [0.1, 0.15) is 11.6 Å². The van der Waals surface area contributed by atoms with Crippen molar-refractivity contribution >= 4 is 17.2 Å². The number of rotatable bonds is 5. The minimum Gasteiger partial charge on any atom is -0.484 e. The summed E-state index contributed by atoms with van der Waals surface area (Å²) in [5.74, 6) is 1.16. The Morgan fingerprint density at radius 1 is 1.32 bits per heavy atom. The molecule has 128 valence electrons. The van der Waals surface area contributed by atoms with Crippen molar-refractivity contribution in [3.63, 3.8) is 0 Å². The summed E-state index contributed by atoms with van der Waals surface area (Å²) in [6, 6.07) is 7.50. The number of aromatic nitrogens is 2. The number of amides is 1. The van der Waals surface area contributed by atoms with E-state index < -0.39 is 0 Å². The van der Waals surface area contributed by atoms with Gasteiger partial charge in [0.2, 0.25) is 11.7 Å². The number of thiophene rings is 1. The lowest BCUT2D eigenvalue weighted by Gasteiger charge is -2.36. The average Bonchev–Trinajstić information content (AvgIpc) is 3.24. The molecule has 1 aromatic carbocycles. The molecule has 3 heterocycles. The molecule has 6 nitrogen and oxygen atoms in total. The van der Waals surface area contributed by atoms with Crippen LogP contribution in [0.1, 0.15) is 11.8 Å². The molecule has 0 N–H and O–H groups in total. The molecular weight excluding hydrogens is 345 g/mol. The first-order chi connectivity index (χ1) is 12.2. The highest BCUT2D eigenvalue weighted by atomic mass is 32.1. The van der Waals surface area contributed by atoms with Crippen LogP contribution in [-0.4, -0.2) is 40.6 Å². The number of likely N-dealkylation sites (tertiary alicyclic amines) is 1. The van der Waals surface area contributed by atoms with E-state index in [2.05, 4.69) is 10.1 Å². The minimum absolute atomic E-state index is 0.0506. The molecule has 4 rings (SSSR count). The number of carbonyl (C=O) groups is 1. The van der Waals surface area contributed by atoms with E-state index in [0.717, 1.165) is 5.56 Å². The largest absolute Gasteiger partial charge is 0.484 e. The maximum atomic E-state index is 12.8. The van der Waals surface area contributed by atoms with Crippen molar-refractivity contribution in [2.45, 2.75) is 5.92 Å². The Bertz CT molecular complexity index is 858. The van der Waals surface area contributed by atoms with Crippen molar-refractivity contribution in [2.24, 2.45) is 0 Å². The molecule has 0 saturated carbocycles. The van der Waals surface area contributed by atoms with Gasteiger partial charge in [0.25, 0.3) is 5.91 Å². The van der Waals surface area contributed by atoms with Crippen LogP contribution in [0.15, 0.2) is 45.6 Å². The average molecular weight is 359 g/mol. The van der Waals surface area contributed by atoms with Crippen LogP contribution in [0.2, 0.25) is 0 Å². The standard InChI is InChI=1S/C17H14FN3O3S/c18-13-1-3-14(4-2-13)23-9-15(22)21-7-12(8-21)17-19-16(20-24-17)11-5-6-25-10-11/h1-6,10,12H,7-9H2. The Balaban J connectivity index is 1.28. The highest BCUT2D eigenvalue weighted by molar-refractivity contribution is 7.08. The second kappa shape index (κ2) is 6.64. The molecule has 8 heteroatoms. The van der Waals surface area contributed by atoms with E-state index in [9.17, 15) is 9.18 Å². The Hall–Kier alpha value is -2.74. The zero-order chi connectivity index (χ0) is 17.2. The van der Waals surface area contributed by atoms with Gasteiger partial charge in [0.05, 0.1) is 5.92 Å². The van der Waals surface area contributed by atoms with Crippen molar-refractivity contribution in [3.05, 3.63) is 52.8 Å². The van der Waals surface area contributed by atoms with E-state index in [1.807, 2.05) is 16.8 Å². The van der Waals surface area contributed by atoms with Gasteiger partial charge in [-0.1, -0.05) is 5.16 Å². The third-order valence-electron chi connectivity index (χ3n) is 3.98. The first-order valence-corrected chi connectivity index (χ1v) is 8.65. The molecular formula is C17H14FN3O3S. The molecule has 25 heavy (non-hydrogen) atoms.